The monoisotopic (exact) mass is 443 g/mol. The van der Waals surface area contributed by atoms with Crippen LogP contribution in [0.3, 0.4) is 0 Å². The van der Waals surface area contributed by atoms with Gasteiger partial charge in [-0.05, 0) is 57.1 Å². The van der Waals surface area contributed by atoms with Crippen LogP contribution in [-0.4, -0.2) is 43.8 Å². The van der Waals surface area contributed by atoms with Crippen LogP contribution in [0, 0.1) is 5.92 Å². The minimum atomic E-state index is -3.24. The van der Waals surface area contributed by atoms with E-state index in [-0.39, 0.29) is 11.4 Å². The molecule has 2 aliphatic rings. The third-order valence-corrected chi connectivity index (χ3v) is 8.15. The van der Waals surface area contributed by atoms with Crippen LogP contribution in [0.5, 0.6) is 11.5 Å². The number of benzene rings is 2. The second-order valence-electron chi connectivity index (χ2n) is 9.33. The molecule has 0 radical (unpaired) electrons. The summed E-state index contributed by atoms with van der Waals surface area (Å²) in [5, 5.41) is 0. The van der Waals surface area contributed by atoms with Gasteiger partial charge in [0.1, 0.15) is 5.60 Å². The Bertz CT molecular complexity index is 980. The molecule has 2 aliphatic heterocycles. The first-order valence-electron chi connectivity index (χ1n) is 11.3. The van der Waals surface area contributed by atoms with E-state index >= 15 is 0 Å². The minimum Gasteiger partial charge on any atom is -0.490 e. The van der Waals surface area contributed by atoms with Gasteiger partial charge in [-0.25, -0.2) is 12.7 Å². The molecule has 31 heavy (non-hydrogen) atoms. The molecule has 0 atom stereocenters. The lowest BCUT2D eigenvalue weighted by atomic mass is 9.91. The molecule has 5 nitrogen and oxygen atoms in total. The van der Waals surface area contributed by atoms with Gasteiger partial charge in [0.05, 0.1) is 12.4 Å². The van der Waals surface area contributed by atoms with Gasteiger partial charge in [0.25, 0.3) is 0 Å². The molecule has 1 saturated heterocycles. The van der Waals surface area contributed by atoms with Gasteiger partial charge in [-0.3, -0.25) is 0 Å². The number of hydrogen-bond acceptors (Lipinski definition) is 4. The van der Waals surface area contributed by atoms with Gasteiger partial charge in [-0.15, -0.1) is 0 Å². The Morgan fingerprint density at radius 1 is 1.06 bits per heavy atom. The van der Waals surface area contributed by atoms with Crippen LogP contribution in [0.2, 0.25) is 0 Å². The summed E-state index contributed by atoms with van der Waals surface area (Å²) in [6.07, 6.45) is 4.21. The summed E-state index contributed by atoms with van der Waals surface area (Å²) in [6.45, 7) is 5.73. The fraction of sp³-hybridized carbons (Fsp3) is 0.520. The van der Waals surface area contributed by atoms with Crippen molar-refractivity contribution in [3.05, 3.63) is 59.7 Å². The molecule has 0 aromatic heterocycles. The average Bonchev–Trinajstić information content (AvgIpc) is 3.07. The molecule has 2 aromatic rings. The summed E-state index contributed by atoms with van der Waals surface area (Å²) in [4.78, 5) is 0. The predicted molar refractivity (Wildman–Crippen MR) is 123 cm³/mol. The highest BCUT2D eigenvalue weighted by molar-refractivity contribution is 7.89. The molecule has 0 saturated carbocycles. The van der Waals surface area contributed by atoms with Gasteiger partial charge in [0, 0.05) is 25.1 Å². The maximum Gasteiger partial charge on any atom is 0.214 e. The fourth-order valence-corrected chi connectivity index (χ4v) is 6.10. The Kier molecular flexibility index (Phi) is 6.58. The number of fused-ring (bicyclic) bond motifs is 1. The van der Waals surface area contributed by atoms with Crippen molar-refractivity contribution in [3.63, 3.8) is 0 Å². The zero-order chi connectivity index (χ0) is 21.9. The summed E-state index contributed by atoms with van der Waals surface area (Å²) < 4.78 is 39.1. The second kappa shape index (κ2) is 9.21. The molecule has 4 rings (SSSR count). The highest BCUT2D eigenvalue weighted by atomic mass is 32.2. The van der Waals surface area contributed by atoms with Crippen molar-refractivity contribution in [3.8, 4) is 11.5 Å². The first kappa shape index (κ1) is 22.2. The smallest absolute Gasteiger partial charge is 0.214 e. The van der Waals surface area contributed by atoms with Crippen LogP contribution < -0.4 is 9.47 Å². The largest absolute Gasteiger partial charge is 0.490 e. The van der Waals surface area contributed by atoms with E-state index in [9.17, 15) is 8.42 Å². The van der Waals surface area contributed by atoms with E-state index in [1.54, 1.807) is 4.31 Å². The number of sulfonamides is 1. The van der Waals surface area contributed by atoms with E-state index in [1.807, 2.05) is 18.2 Å². The molecular weight excluding hydrogens is 410 g/mol. The molecule has 2 aromatic carbocycles. The summed E-state index contributed by atoms with van der Waals surface area (Å²) in [5.41, 5.74) is 2.26. The molecule has 0 bridgehead atoms. The zero-order valence-electron chi connectivity index (χ0n) is 18.5. The van der Waals surface area contributed by atoms with Crippen molar-refractivity contribution in [1.29, 1.82) is 0 Å². The molecular formula is C25H33NO4S. The van der Waals surface area contributed by atoms with Crippen molar-refractivity contribution in [2.45, 2.75) is 51.6 Å². The van der Waals surface area contributed by atoms with Crippen molar-refractivity contribution < 1.29 is 17.9 Å². The van der Waals surface area contributed by atoms with Crippen LogP contribution in [0.15, 0.2) is 48.5 Å². The molecule has 0 spiro atoms. The van der Waals surface area contributed by atoms with Crippen LogP contribution in [0.1, 0.15) is 44.2 Å². The predicted octanol–water partition coefficient (Wildman–Crippen LogP) is 4.45. The zero-order valence-corrected chi connectivity index (χ0v) is 19.4. The van der Waals surface area contributed by atoms with Gasteiger partial charge < -0.3 is 9.47 Å². The normalized spacial score (nSPS) is 19.0. The molecule has 168 valence electrons. The molecule has 0 amide bonds. The summed E-state index contributed by atoms with van der Waals surface area (Å²) in [6, 6.07) is 16.4. The Hall–Kier alpha value is -2.05. The lowest BCUT2D eigenvalue weighted by Crippen LogP contribution is -2.40. The summed E-state index contributed by atoms with van der Waals surface area (Å²) >= 11 is 0. The van der Waals surface area contributed by atoms with E-state index in [2.05, 4.69) is 44.2 Å². The third-order valence-electron chi connectivity index (χ3n) is 6.19. The number of piperidine rings is 1. The standard InChI is InChI=1S/C25H33NO4S/c1-25(2)19-22-10-6-11-23(24(22)30-25)29-16-7-17-31(27,28)26-14-12-21(13-15-26)18-20-8-4-3-5-9-20/h3-6,8-11,21H,7,12-19H2,1-2H3. The maximum absolute atomic E-state index is 12.8. The van der Waals surface area contributed by atoms with Crippen molar-refractivity contribution in [2.75, 3.05) is 25.4 Å². The van der Waals surface area contributed by atoms with E-state index in [4.69, 9.17) is 9.47 Å². The van der Waals surface area contributed by atoms with E-state index < -0.39 is 10.0 Å². The minimum absolute atomic E-state index is 0.123. The highest BCUT2D eigenvalue weighted by Gasteiger charge is 2.32. The molecule has 0 aliphatic carbocycles. The Labute approximate surface area is 186 Å². The quantitative estimate of drug-likeness (QED) is 0.566. The Morgan fingerprint density at radius 2 is 1.81 bits per heavy atom. The number of para-hydroxylation sites is 1. The van der Waals surface area contributed by atoms with Crippen LogP contribution in [0.25, 0.3) is 0 Å². The lowest BCUT2D eigenvalue weighted by Gasteiger charge is -2.31. The lowest BCUT2D eigenvalue weighted by molar-refractivity contribution is 0.132. The Balaban J connectivity index is 1.22. The van der Waals surface area contributed by atoms with E-state index in [0.29, 0.717) is 37.8 Å². The van der Waals surface area contributed by atoms with E-state index in [0.717, 1.165) is 37.0 Å². The highest BCUT2D eigenvalue weighted by Crippen LogP contribution is 2.41. The number of hydrogen-bond donors (Lipinski definition) is 0. The molecule has 0 N–H and O–H groups in total. The molecule has 6 heteroatoms. The number of nitrogens with zero attached hydrogens (tertiary/aromatic N) is 1. The SMILES string of the molecule is CC1(C)Cc2cccc(OCCCS(=O)(=O)N3CCC(Cc4ccccc4)CC3)c2O1. The second-order valence-corrected chi connectivity index (χ2v) is 11.4. The maximum atomic E-state index is 12.8. The van der Waals surface area contributed by atoms with Gasteiger partial charge in [-0.1, -0.05) is 42.5 Å². The van der Waals surface area contributed by atoms with Crippen LogP contribution in [-0.2, 0) is 22.9 Å². The Morgan fingerprint density at radius 3 is 2.55 bits per heavy atom. The number of ether oxygens (including phenoxy) is 2. The molecule has 0 unspecified atom stereocenters. The van der Waals surface area contributed by atoms with Gasteiger partial charge in [0.15, 0.2) is 11.5 Å². The molecule has 2 heterocycles. The van der Waals surface area contributed by atoms with Crippen molar-refractivity contribution >= 4 is 10.0 Å². The first-order valence-corrected chi connectivity index (χ1v) is 12.9. The van der Waals surface area contributed by atoms with Gasteiger partial charge in [0.2, 0.25) is 10.0 Å². The third kappa shape index (κ3) is 5.60. The van der Waals surface area contributed by atoms with Crippen molar-refractivity contribution in [2.24, 2.45) is 5.92 Å². The van der Waals surface area contributed by atoms with Gasteiger partial charge >= 0.3 is 0 Å². The topological polar surface area (TPSA) is 55.8 Å². The summed E-state index contributed by atoms with van der Waals surface area (Å²) in [5.74, 6) is 2.19. The molecule has 1 fully saturated rings. The fourth-order valence-electron chi connectivity index (χ4n) is 4.59. The van der Waals surface area contributed by atoms with E-state index in [1.165, 1.54) is 5.56 Å². The van der Waals surface area contributed by atoms with Crippen LogP contribution >= 0.6 is 0 Å². The van der Waals surface area contributed by atoms with Gasteiger partial charge in [-0.2, -0.15) is 0 Å². The van der Waals surface area contributed by atoms with Crippen LogP contribution in [0.4, 0.5) is 0 Å². The summed E-state index contributed by atoms with van der Waals surface area (Å²) in [7, 11) is -3.24. The first-order chi connectivity index (χ1) is 14.8. The average molecular weight is 444 g/mol. The number of rotatable bonds is 8. The van der Waals surface area contributed by atoms with Crippen molar-refractivity contribution in [1.82, 2.24) is 4.31 Å².